The van der Waals surface area contributed by atoms with Gasteiger partial charge in [-0.1, -0.05) is 0 Å². The van der Waals surface area contributed by atoms with Crippen LogP contribution in [0, 0.1) is 0 Å². The van der Waals surface area contributed by atoms with Crippen LogP contribution in [-0.2, 0) is 37.9 Å². The summed E-state index contributed by atoms with van der Waals surface area (Å²) in [5.74, 6) is 0. The van der Waals surface area contributed by atoms with Gasteiger partial charge >= 0.3 is 17.4 Å². The number of hydrogen-bond acceptors (Lipinski definition) is 3. The summed E-state index contributed by atoms with van der Waals surface area (Å²) in [6.07, 6.45) is 0. The molecule has 0 unspecified atom stereocenters. The van der Waals surface area contributed by atoms with Crippen molar-refractivity contribution in [3.05, 3.63) is 0 Å². The van der Waals surface area contributed by atoms with Gasteiger partial charge in [0.1, 0.15) is 0 Å². The molecule has 0 saturated heterocycles. The smallest absolute Gasteiger partial charge is 0.680 e. The summed E-state index contributed by atoms with van der Waals surface area (Å²) in [5.41, 5.74) is -13.2. The SMILES string of the molecule is FC(F)(F)[S-].FC(F)(F)[S-].FC(F)(F)[S-].[Al+3]. The van der Waals surface area contributed by atoms with Crippen molar-refractivity contribution in [3.63, 3.8) is 0 Å². The predicted octanol–water partition coefficient (Wildman–Crippen LogP) is 2.78. The largest absolute Gasteiger partial charge is 3.00 e. The number of halogens is 9. The molecular weight excluding hydrogens is 330 g/mol. The van der Waals surface area contributed by atoms with Gasteiger partial charge in [0.2, 0.25) is 0 Å². The molecule has 0 saturated carbocycles. The zero-order chi connectivity index (χ0) is 13.5. The van der Waals surface area contributed by atoms with Gasteiger partial charge in [0.15, 0.2) is 0 Å². The van der Waals surface area contributed by atoms with Crippen molar-refractivity contribution in [1.29, 1.82) is 0 Å². The molecule has 0 spiro atoms. The Morgan fingerprint density at radius 2 is 0.438 bits per heavy atom. The van der Waals surface area contributed by atoms with E-state index in [0.29, 0.717) is 0 Å². The molecule has 0 heterocycles. The van der Waals surface area contributed by atoms with Crippen LogP contribution < -0.4 is 0 Å². The van der Waals surface area contributed by atoms with E-state index in [1.165, 1.54) is 0 Å². The van der Waals surface area contributed by atoms with Crippen molar-refractivity contribution in [2.75, 3.05) is 0 Å². The molecule has 0 bridgehead atoms. The fourth-order valence-electron chi connectivity index (χ4n) is 0. The third-order valence-corrected chi connectivity index (χ3v) is 0. The summed E-state index contributed by atoms with van der Waals surface area (Å²) >= 11 is 8.48. The third kappa shape index (κ3) is 3210. The van der Waals surface area contributed by atoms with Gasteiger partial charge in [0, 0.05) is 0 Å². The first kappa shape index (κ1) is 25.7. The molecule has 0 rings (SSSR count). The topological polar surface area (TPSA) is 0 Å². The molecule has 0 amide bonds. The van der Waals surface area contributed by atoms with Gasteiger partial charge in [-0.3, -0.25) is 0 Å². The second-order valence-corrected chi connectivity index (χ2v) is 2.73. The summed E-state index contributed by atoms with van der Waals surface area (Å²) in [4.78, 5) is 0. The van der Waals surface area contributed by atoms with E-state index in [2.05, 4.69) is 37.9 Å². The van der Waals surface area contributed by atoms with Crippen molar-refractivity contribution in [3.8, 4) is 0 Å². The van der Waals surface area contributed by atoms with Crippen LogP contribution in [0.15, 0.2) is 0 Å². The summed E-state index contributed by atoms with van der Waals surface area (Å²) in [5, 5.41) is 0. The number of alkyl halides is 9. The predicted molar refractivity (Wildman–Crippen MR) is 46.0 cm³/mol. The van der Waals surface area contributed by atoms with Crippen LogP contribution in [0.1, 0.15) is 0 Å². The zero-order valence-corrected chi connectivity index (χ0v) is 10.3. The molecule has 0 atom stereocenters. The van der Waals surface area contributed by atoms with Crippen LogP contribution in [-0.4, -0.2) is 33.9 Å². The Bertz CT molecular complexity index is 101. The minimum Gasteiger partial charge on any atom is -0.680 e. The second-order valence-electron chi connectivity index (χ2n) is 1.34. The van der Waals surface area contributed by atoms with Crippen LogP contribution in [0.2, 0.25) is 0 Å². The Balaban J connectivity index is -0.0000000655. The summed E-state index contributed by atoms with van der Waals surface area (Å²) < 4.78 is 91.5. The average Bonchev–Trinajstić information content (AvgIpc) is 1.41. The standard InChI is InChI=1S/3CHF3S.Al/c3*2-1(3,4)5;/h3*5H;/q;;;+3/p-3. The number of rotatable bonds is 0. The first-order valence-electron chi connectivity index (χ1n) is 2.31. The monoisotopic (exact) mass is 330 g/mol. The van der Waals surface area contributed by atoms with Crippen LogP contribution in [0.5, 0.6) is 0 Å². The molecule has 13 heteroatoms. The minimum atomic E-state index is -4.42. The van der Waals surface area contributed by atoms with Crippen molar-refractivity contribution >= 4 is 55.2 Å². The first-order valence-corrected chi connectivity index (χ1v) is 3.54. The van der Waals surface area contributed by atoms with Crippen molar-refractivity contribution in [1.82, 2.24) is 0 Å². The molecule has 0 aromatic heterocycles. The Morgan fingerprint density at radius 1 is 0.438 bits per heavy atom. The van der Waals surface area contributed by atoms with Crippen LogP contribution in [0.25, 0.3) is 0 Å². The summed E-state index contributed by atoms with van der Waals surface area (Å²) in [6.45, 7) is 0. The average molecular weight is 330 g/mol. The Kier molecular flexibility index (Phi) is 16.0. The van der Waals surface area contributed by atoms with Crippen molar-refractivity contribution in [2.24, 2.45) is 0 Å². The van der Waals surface area contributed by atoms with Gasteiger partial charge < -0.3 is 37.9 Å². The van der Waals surface area contributed by atoms with Crippen LogP contribution >= 0.6 is 0 Å². The molecule has 0 radical (unpaired) electrons. The van der Waals surface area contributed by atoms with E-state index in [0.717, 1.165) is 0 Å². The molecule has 0 N–H and O–H groups in total. The van der Waals surface area contributed by atoms with E-state index in [1.54, 1.807) is 0 Å². The van der Waals surface area contributed by atoms with Gasteiger partial charge in [-0.2, -0.15) is 39.5 Å². The van der Waals surface area contributed by atoms with Crippen molar-refractivity contribution < 1.29 is 39.5 Å². The molecule has 96 valence electrons. The van der Waals surface area contributed by atoms with Gasteiger partial charge in [-0.05, 0) is 0 Å². The molecule has 0 aliphatic rings. The fourth-order valence-corrected chi connectivity index (χ4v) is 0. The third-order valence-electron chi connectivity index (χ3n) is 0. The quantitative estimate of drug-likeness (QED) is 0.381. The maximum Gasteiger partial charge on any atom is 3.00 e. The molecule has 0 fully saturated rings. The van der Waals surface area contributed by atoms with Gasteiger partial charge in [0.05, 0.1) is 0 Å². The van der Waals surface area contributed by atoms with E-state index in [1.807, 2.05) is 0 Å². The molecule has 0 aliphatic heterocycles. The van der Waals surface area contributed by atoms with Crippen LogP contribution in [0.4, 0.5) is 39.5 Å². The molecule has 0 nitrogen and oxygen atoms in total. The van der Waals surface area contributed by atoms with Crippen LogP contribution in [0.3, 0.4) is 0 Å². The Morgan fingerprint density at radius 3 is 0.438 bits per heavy atom. The van der Waals surface area contributed by atoms with Crippen molar-refractivity contribution in [2.45, 2.75) is 16.5 Å². The van der Waals surface area contributed by atoms with Gasteiger partial charge in [-0.25, -0.2) is 0 Å². The Labute approximate surface area is 111 Å². The van der Waals surface area contributed by atoms with Gasteiger partial charge in [0.25, 0.3) is 16.5 Å². The normalized spacial score (nSPS) is 11.2. The fraction of sp³-hybridized carbons (Fsp3) is 1.00. The van der Waals surface area contributed by atoms with E-state index < -0.39 is 16.5 Å². The van der Waals surface area contributed by atoms with E-state index in [4.69, 9.17) is 0 Å². The molecular formula is C3AlF9S3. The van der Waals surface area contributed by atoms with Gasteiger partial charge in [-0.15, -0.1) is 0 Å². The molecule has 0 aliphatic carbocycles. The van der Waals surface area contributed by atoms with E-state index >= 15 is 0 Å². The Hall–Kier alpha value is 0.952. The molecule has 0 aromatic carbocycles. The molecule has 16 heavy (non-hydrogen) atoms. The molecule has 0 aromatic rings. The zero-order valence-electron chi connectivity index (χ0n) is 6.70. The second kappa shape index (κ2) is 9.93. The maximum absolute atomic E-state index is 10.2. The maximum atomic E-state index is 10.2. The summed E-state index contributed by atoms with van der Waals surface area (Å²) in [6, 6.07) is 0. The van der Waals surface area contributed by atoms with E-state index in [9.17, 15) is 39.5 Å². The van der Waals surface area contributed by atoms with E-state index in [-0.39, 0.29) is 17.4 Å². The first-order chi connectivity index (χ1) is 6.00. The number of hydrogen-bond donors (Lipinski definition) is 0. The minimum absolute atomic E-state index is 0. The summed E-state index contributed by atoms with van der Waals surface area (Å²) in [7, 11) is 0.